The van der Waals surface area contributed by atoms with E-state index in [2.05, 4.69) is 15.2 Å². The molecule has 0 saturated carbocycles. The molecule has 0 spiro atoms. The normalized spacial score (nSPS) is 10.2. The Bertz CT molecular complexity index is 480. The first-order chi connectivity index (χ1) is 7.84. The fourth-order valence-corrected chi connectivity index (χ4v) is 1.93. The number of hydrogen-bond donors (Lipinski definition) is 2. The number of hydrogen-bond acceptors (Lipinski definition) is 4. The van der Waals surface area contributed by atoms with E-state index in [4.69, 9.17) is 17.0 Å². The SMILES string of the molecule is S=c1nc(CSCOc2ccccc2)[nH][nH]1. The van der Waals surface area contributed by atoms with Crippen LogP contribution in [-0.2, 0) is 5.75 Å². The number of nitrogens with zero attached hydrogens (tertiary/aromatic N) is 1. The summed E-state index contributed by atoms with van der Waals surface area (Å²) in [5.74, 6) is 3.06. The molecule has 84 valence electrons. The third kappa shape index (κ3) is 3.39. The summed E-state index contributed by atoms with van der Waals surface area (Å²) in [5, 5.41) is 5.64. The van der Waals surface area contributed by atoms with Gasteiger partial charge in [-0.05, 0) is 24.4 Å². The predicted octanol–water partition coefficient (Wildman–Crippen LogP) is 2.74. The van der Waals surface area contributed by atoms with Gasteiger partial charge in [0, 0.05) is 0 Å². The standard InChI is InChI=1S/C10H11N3OS2/c15-10-11-9(12-13-10)6-16-7-14-8-4-2-1-3-5-8/h1-5H,6-7H2,(H2,11,12,13,15). The summed E-state index contributed by atoms with van der Waals surface area (Å²) in [5.41, 5.74) is 0. The van der Waals surface area contributed by atoms with Gasteiger partial charge >= 0.3 is 0 Å². The summed E-state index contributed by atoms with van der Waals surface area (Å²) in [7, 11) is 0. The van der Waals surface area contributed by atoms with Crippen molar-refractivity contribution in [3.8, 4) is 5.75 Å². The zero-order valence-electron chi connectivity index (χ0n) is 8.47. The van der Waals surface area contributed by atoms with Gasteiger partial charge in [0.1, 0.15) is 17.5 Å². The van der Waals surface area contributed by atoms with E-state index in [1.165, 1.54) is 0 Å². The molecule has 0 fully saturated rings. The Morgan fingerprint density at radius 2 is 2.06 bits per heavy atom. The molecule has 0 amide bonds. The number of nitrogens with one attached hydrogen (secondary N) is 2. The highest BCUT2D eigenvalue weighted by atomic mass is 32.2. The first-order valence-corrected chi connectivity index (χ1v) is 6.30. The first-order valence-electron chi connectivity index (χ1n) is 4.74. The molecule has 0 atom stereocenters. The lowest BCUT2D eigenvalue weighted by Gasteiger charge is -2.03. The molecular weight excluding hydrogens is 242 g/mol. The second-order valence-corrected chi connectivity index (χ2v) is 4.36. The van der Waals surface area contributed by atoms with Crippen LogP contribution < -0.4 is 4.74 Å². The highest BCUT2D eigenvalue weighted by Gasteiger charge is 1.97. The Morgan fingerprint density at radius 1 is 1.25 bits per heavy atom. The summed E-state index contributed by atoms with van der Waals surface area (Å²) >= 11 is 6.48. The van der Waals surface area contributed by atoms with E-state index in [0.717, 1.165) is 17.3 Å². The van der Waals surface area contributed by atoms with Crippen LogP contribution in [0.3, 0.4) is 0 Å². The van der Waals surface area contributed by atoms with Crippen LogP contribution in [0, 0.1) is 4.77 Å². The minimum Gasteiger partial charge on any atom is -0.483 e. The number of H-pyrrole nitrogens is 2. The largest absolute Gasteiger partial charge is 0.483 e. The molecule has 0 aliphatic heterocycles. The summed E-state index contributed by atoms with van der Waals surface area (Å²) < 4.78 is 6.01. The molecule has 6 heteroatoms. The molecule has 0 aliphatic carbocycles. The quantitative estimate of drug-likeness (QED) is 0.489. The smallest absolute Gasteiger partial charge is 0.213 e. The van der Waals surface area contributed by atoms with E-state index in [0.29, 0.717) is 10.7 Å². The summed E-state index contributed by atoms with van der Waals surface area (Å²) in [6.45, 7) is 0. The zero-order valence-corrected chi connectivity index (χ0v) is 10.1. The van der Waals surface area contributed by atoms with Crippen molar-refractivity contribution in [2.24, 2.45) is 0 Å². The van der Waals surface area contributed by atoms with Crippen molar-refractivity contribution in [3.05, 3.63) is 40.9 Å². The van der Waals surface area contributed by atoms with Gasteiger partial charge in [-0.25, -0.2) is 4.98 Å². The van der Waals surface area contributed by atoms with E-state index in [-0.39, 0.29) is 0 Å². The monoisotopic (exact) mass is 253 g/mol. The van der Waals surface area contributed by atoms with Gasteiger partial charge in [-0.15, -0.1) is 11.8 Å². The van der Waals surface area contributed by atoms with E-state index in [9.17, 15) is 0 Å². The van der Waals surface area contributed by atoms with Crippen molar-refractivity contribution in [1.82, 2.24) is 15.2 Å². The van der Waals surface area contributed by atoms with Crippen molar-refractivity contribution in [1.29, 1.82) is 0 Å². The van der Waals surface area contributed by atoms with Crippen molar-refractivity contribution in [3.63, 3.8) is 0 Å². The maximum Gasteiger partial charge on any atom is 0.213 e. The predicted molar refractivity (Wildman–Crippen MR) is 67.0 cm³/mol. The maximum absolute atomic E-state index is 5.52. The number of aromatic amines is 2. The average molecular weight is 253 g/mol. The Labute approximate surface area is 102 Å². The minimum absolute atomic E-state index is 0.486. The molecule has 2 rings (SSSR count). The number of benzene rings is 1. The maximum atomic E-state index is 5.52. The Balaban J connectivity index is 1.71. The molecule has 0 saturated heterocycles. The van der Waals surface area contributed by atoms with Crippen molar-refractivity contribution in [2.45, 2.75) is 5.75 Å². The van der Waals surface area contributed by atoms with E-state index < -0.39 is 0 Å². The van der Waals surface area contributed by atoms with Crippen molar-refractivity contribution in [2.75, 3.05) is 5.94 Å². The zero-order chi connectivity index (χ0) is 11.2. The van der Waals surface area contributed by atoms with Gasteiger partial charge < -0.3 is 4.74 Å². The lowest BCUT2D eigenvalue weighted by molar-refractivity contribution is 0.393. The molecule has 0 bridgehead atoms. The topological polar surface area (TPSA) is 53.7 Å². The van der Waals surface area contributed by atoms with Crippen LogP contribution in [0.1, 0.15) is 5.82 Å². The molecule has 2 aromatic rings. The highest BCUT2D eigenvalue weighted by Crippen LogP contribution is 2.13. The molecule has 0 radical (unpaired) electrons. The van der Waals surface area contributed by atoms with Crippen LogP contribution in [0.15, 0.2) is 30.3 Å². The Hall–Kier alpha value is -1.27. The molecule has 1 aromatic carbocycles. The second-order valence-electron chi connectivity index (χ2n) is 3.04. The van der Waals surface area contributed by atoms with Gasteiger partial charge in [-0.1, -0.05) is 18.2 Å². The number of ether oxygens (including phenoxy) is 1. The van der Waals surface area contributed by atoms with Crippen LogP contribution in [0.25, 0.3) is 0 Å². The summed E-state index contributed by atoms with van der Waals surface area (Å²) in [6, 6.07) is 9.73. The second kappa shape index (κ2) is 5.72. The van der Waals surface area contributed by atoms with Crippen LogP contribution in [0.4, 0.5) is 0 Å². The summed E-state index contributed by atoms with van der Waals surface area (Å²) in [6.07, 6.45) is 0. The third-order valence-corrected chi connectivity index (χ3v) is 2.80. The summed E-state index contributed by atoms with van der Waals surface area (Å²) in [4.78, 5) is 4.08. The number of aromatic nitrogens is 3. The minimum atomic E-state index is 0.486. The molecule has 0 aliphatic rings. The molecule has 16 heavy (non-hydrogen) atoms. The Morgan fingerprint density at radius 3 is 2.75 bits per heavy atom. The van der Waals surface area contributed by atoms with Crippen LogP contribution in [-0.4, -0.2) is 21.1 Å². The number of para-hydroxylation sites is 1. The molecule has 4 nitrogen and oxygen atoms in total. The van der Waals surface area contributed by atoms with Crippen molar-refractivity contribution < 1.29 is 4.74 Å². The highest BCUT2D eigenvalue weighted by molar-refractivity contribution is 7.98. The van der Waals surface area contributed by atoms with E-state index in [1.54, 1.807) is 11.8 Å². The number of rotatable bonds is 5. The van der Waals surface area contributed by atoms with Gasteiger partial charge in [0.15, 0.2) is 0 Å². The molecule has 2 N–H and O–H groups in total. The fraction of sp³-hybridized carbons (Fsp3) is 0.200. The van der Waals surface area contributed by atoms with Gasteiger partial charge in [0.25, 0.3) is 0 Å². The molecule has 0 unspecified atom stereocenters. The van der Waals surface area contributed by atoms with Gasteiger partial charge in [0.05, 0.1) is 5.75 Å². The van der Waals surface area contributed by atoms with Crippen LogP contribution in [0.2, 0.25) is 0 Å². The fourth-order valence-electron chi connectivity index (χ4n) is 1.14. The molecule has 1 aromatic heterocycles. The molecular formula is C10H11N3OS2. The Kier molecular flexibility index (Phi) is 4.01. The first kappa shape index (κ1) is 11.2. The average Bonchev–Trinajstić information content (AvgIpc) is 2.72. The van der Waals surface area contributed by atoms with Crippen LogP contribution >= 0.6 is 24.0 Å². The lowest BCUT2D eigenvalue weighted by Crippen LogP contribution is -1.94. The van der Waals surface area contributed by atoms with E-state index in [1.807, 2.05) is 30.3 Å². The third-order valence-electron chi connectivity index (χ3n) is 1.84. The van der Waals surface area contributed by atoms with Crippen LogP contribution in [0.5, 0.6) is 5.75 Å². The van der Waals surface area contributed by atoms with Gasteiger partial charge in [-0.3, -0.25) is 10.2 Å². The lowest BCUT2D eigenvalue weighted by atomic mass is 10.3. The van der Waals surface area contributed by atoms with Crippen molar-refractivity contribution >= 4 is 24.0 Å². The number of thioether (sulfide) groups is 1. The van der Waals surface area contributed by atoms with Gasteiger partial charge in [0.2, 0.25) is 4.77 Å². The van der Waals surface area contributed by atoms with Gasteiger partial charge in [-0.2, -0.15) is 0 Å². The van der Waals surface area contributed by atoms with E-state index >= 15 is 0 Å². The molecule has 1 heterocycles.